The summed E-state index contributed by atoms with van der Waals surface area (Å²) < 4.78 is 0. The second-order valence-electron chi connectivity index (χ2n) is 4.04. The summed E-state index contributed by atoms with van der Waals surface area (Å²) >= 11 is 0. The Morgan fingerprint density at radius 1 is 1.20 bits per heavy atom. The van der Waals surface area contributed by atoms with Gasteiger partial charge >= 0.3 is 0 Å². The van der Waals surface area contributed by atoms with Crippen LogP contribution in [0.3, 0.4) is 0 Å². The van der Waals surface area contributed by atoms with Crippen molar-refractivity contribution >= 4 is 11.8 Å². The molecule has 1 rings (SSSR count). The van der Waals surface area contributed by atoms with Gasteiger partial charge in [-0.05, 0) is 31.2 Å². The number of hydrogen-bond donors (Lipinski definition) is 3. The van der Waals surface area contributed by atoms with Crippen molar-refractivity contribution < 1.29 is 9.59 Å². The fourth-order valence-corrected chi connectivity index (χ4v) is 1.54. The molecule has 0 fully saturated rings. The number of amides is 2. The maximum absolute atomic E-state index is 11.8. The van der Waals surface area contributed by atoms with Gasteiger partial charge in [-0.2, -0.15) is 0 Å². The molecule has 0 atom stereocenters. The maximum atomic E-state index is 11.8. The first-order chi connectivity index (χ1) is 9.67. The van der Waals surface area contributed by atoms with Gasteiger partial charge in [0.25, 0.3) is 5.91 Å². The van der Waals surface area contributed by atoms with E-state index in [0.717, 1.165) is 5.56 Å². The summed E-state index contributed by atoms with van der Waals surface area (Å²) in [5.41, 5.74) is 6.64. The molecule has 0 unspecified atom stereocenters. The summed E-state index contributed by atoms with van der Waals surface area (Å²) in [5.74, 6) is 5.36. The average Bonchev–Trinajstić information content (AvgIpc) is 2.46. The van der Waals surface area contributed by atoms with E-state index in [1.807, 2.05) is 6.92 Å². The molecule has 1 aromatic rings. The van der Waals surface area contributed by atoms with Crippen LogP contribution in [-0.2, 0) is 4.79 Å². The van der Waals surface area contributed by atoms with Crippen LogP contribution < -0.4 is 16.4 Å². The molecule has 1 aromatic carbocycles. The van der Waals surface area contributed by atoms with Crippen molar-refractivity contribution in [3.63, 3.8) is 0 Å². The predicted molar refractivity (Wildman–Crippen MR) is 78.0 cm³/mol. The van der Waals surface area contributed by atoms with Crippen molar-refractivity contribution in [3.05, 3.63) is 35.4 Å². The van der Waals surface area contributed by atoms with Crippen molar-refractivity contribution in [2.45, 2.75) is 13.3 Å². The Hall–Kier alpha value is -2.32. The van der Waals surface area contributed by atoms with Gasteiger partial charge in [0.2, 0.25) is 5.91 Å². The van der Waals surface area contributed by atoms with E-state index in [9.17, 15) is 9.59 Å². The molecule has 0 radical (unpaired) electrons. The third-order valence-electron chi connectivity index (χ3n) is 2.49. The van der Waals surface area contributed by atoms with E-state index in [1.54, 1.807) is 24.3 Å². The number of carbonyl (C=O) groups excluding carboxylic acids is 2. The summed E-state index contributed by atoms with van der Waals surface area (Å²) in [5, 5.41) is 5.37. The number of hydrogen-bond acceptors (Lipinski definition) is 3. The molecule has 20 heavy (non-hydrogen) atoms. The monoisotopic (exact) mass is 273 g/mol. The van der Waals surface area contributed by atoms with Crippen molar-refractivity contribution in [2.75, 3.05) is 19.6 Å². The Balaban J connectivity index is 2.45. The number of nitrogens with one attached hydrogen (secondary N) is 2. The lowest BCUT2D eigenvalue weighted by Crippen LogP contribution is -2.30. The van der Waals surface area contributed by atoms with E-state index in [0.29, 0.717) is 25.2 Å². The molecule has 0 aliphatic heterocycles. The van der Waals surface area contributed by atoms with E-state index in [4.69, 9.17) is 5.73 Å². The van der Waals surface area contributed by atoms with Crippen LogP contribution in [0.2, 0.25) is 0 Å². The fraction of sp³-hybridized carbons (Fsp3) is 0.333. The van der Waals surface area contributed by atoms with Crippen molar-refractivity contribution in [1.82, 2.24) is 10.6 Å². The standard InChI is InChI=1S/C15H19N3O2/c1-2-17-14(19)9-11-18-15(20)13-7-5-12(6-8-13)4-3-10-16/h5-8H,2,9-11,16H2,1H3,(H,17,19)(H,18,20). The molecule has 0 saturated carbocycles. The van der Waals surface area contributed by atoms with E-state index in [2.05, 4.69) is 22.5 Å². The minimum atomic E-state index is -0.201. The van der Waals surface area contributed by atoms with Gasteiger partial charge in [0.15, 0.2) is 0 Å². The number of rotatable bonds is 5. The maximum Gasteiger partial charge on any atom is 0.251 e. The van der Waals surface area contributed by atoms with Crippen LogP contribution in [-0.4, -0.2) is 31.4 Å². The molecule has 2 amide bonds. The zero-order valence-corrected chi connectivity index (χ0v) is 11.5. The smallest absolute Gasteiger partial charge is 0.251 e. The SMILES string of the molecule is CCNC(=O)CCNC(=O)c1ccc(C#CCN)cc1. The van der Waals surface area contributed by atoms with Gasteiger partial charge in [0, 0.05) is 30.6 Å². The largest absolute Gasteiger partial charge is 0.356 e. The molecular weight excluding hydrogens is 254 g/mol. The van der Waals surface area contributed by atoms with Gasteiger partial charge in [-0.1, -0.05) is 11.8 Å². The second kappa shape index (κ2) is 8.73. The molecule has 4 N–H and O–H groups in total. The van der Waals surface area contributed by atoms with Crippen LogP contribution >= 0.6 is 0 Å². The molecule has 5 heteroatoms. The first-order valence-electron chi connectivity index (χ1n) is 6.51. The first kappa shape index (κ1) is 15.7. The Labute approximate surface area is 118 Å². The normalized spacial score (nSPS) is 9.30. The van der Waals surface area contributed by atoms with Gasteiger partial charge < -0.3 is 16.4 Å². The van der Waals surface area contributed by atoms with Crippen LogP contribution in [0.5, 0.6) is 0 Å². The lowest BCUT2D eigenvalue weighted by molar-refractivity contribution is -0.120. The quantitative estimate of drug-likeness (QED) is 0.672. The van der Waals surface area contributed by atoms with Crippen molar-refractivity contribution in [1.29, 1.82) is 0 Å². The van der Waals surface area contributed by atoms with Crippen molar-refractivity contribution in [2.24, 2.45) is 5.73 Å². The molecule has 0 heterocycles. The zero-order valence-electron chi connectivity index (χ0n) is 11.5. The molecule has 0 aliphatic carbocycles. The van der Waals surface area contributed by atoms with Gasteiger partial charge in [0.1, 0.15) is 0 Å². The topological polar surface area (TPSA) is 84.2 Å². The lowest BCUT2D eigenvalue weighted by atomic mass is 10.1. The van der Waals surface area contributed by atoms with Gasteiger partial charge in [-0.25, -0.2) is 0 Å². The van der Waals surface area contributed by atoms with Gasteiger partial charge in [-0.15, -0.1) is 0 Å². The molecular formula is C15H19N3O2. The minimum absolute atomic E-state index is 0.0693. The van der Waals surface area contributed by atoms with E-state index < -0.39 is 0 Å². The molecule has 0 aliphatic rings. The number of carbonyl (C=O) groups is 2. The second-order valence-corrected chi connectivity index (χ2v) is 4.04. The average molecular weight is 273 g/mol. The van der Waals surface area contributed by atoms with Crippen LogP contribution in [0, 0.1) is 11.8 Å². The molecule has 0 saturated heterocycles. The lowest BCUT2D eigenvalue weighted by Gasteiger charge is -2.05. The van der Waals surface area contributed by atoms with E-state index in [-0.39, 0.29) is 18.2 Å². The summed E-state index contributed by atoms with van der Waals surface area (Å²) in [6.45, 7) is 3.07. The fourth-order valence-electron chi connectivity index (χ4n) is 1.54. The third-order valence-corrected chi connectivity index (χ3v) is 2.49. The highest BCUT2D eigenvalue weighted by Crippen LogP contribution is 2.03. The Kier molecular flexibility index (Phi) is 6.87. The number of benzene rings is 1. The van der Waals surface area contributed by atoms with Crippen LogP contribution in [0.1, 0.15) is 29.3 Å². The van der Waals surface area contributed by atoms with Crippen molar-refractivity contribution in [3.8, 4) is 11.8 Å². The Bertz CT molecular complexity index is 512. The minimum Gasteiger partial charge on any atom is -0.356 e. The highest BCUT2D eigenvalue weighted by atomic mass is 16.2. The summed E-state index contributed by atoms with van der Waals surface area (Å²) in [4.78, 5) is 23.0. The highest BCUT2D eigenvalue weighted by molar-refractivity contribution is 5.94. The third kappa shape index (κ3) is 5.55. The molecule has 0 spiro atoms. The Morgan fingerprint density at radius 2 is 1.90 bits per heavy atom. The van der Waals surface area contributed by atoms with Gasteiger partial charge in [-0.3, -0.25) is 9.59 Å². The number of nitrogens with two attached hydrogens (primary N) is 1. The Morgan fingerprint density at radius 3 is 2.50 bits per heavy atom. The predicted octanol–water partition coefficient (Wildman–Crippen LogP) is 0.253. The molecule has 106 valence electrons. The van der Waals surface area contributed by atoms with Gasteiger partial charge in [0.05, 0.1) is 6.54 Å². The molecule has 0 aromatic heterocycles. The van der Waals surface area contributed by atoms with Crippen LogP contribution in [0.15, 0.2) is 24.3 Å². The summed E-state index contributed by atoms with van der Waals surface area (Å²) in [6.07, 6.45) is 0.277. The molecule has 5 nitrogen and oxygen atoms in total. The molecule has 0 bridgehead atoms. The highest BCUT2D eigenvalue weighted by Gasteiger charge is 2.05. The zero-order chi connectivity index (χ0) is 14.8. The first-order valence-corrected chi connectivity index (χ1v) is 6.51. The van der Waals surface area contributed by atoms with Crippen LogP contribution in [0.25, 0.3) is 0 Å². The van der Waals surface area contributed by atoms with E-state index in [1.165, 1.54) is 0 Å². The summed E-state index contributed by atoms with van der Waals surface area (Å²) in [7, 11) is 0. The van der Waals surface area contributed by atoms with Crippen LogP contribution in [0.4, 0.5) is 0 Å². The van der Waals surface area contributed by atoms with E-state index >= 15 is 0 Å². The summed E-state index contributed by atoms with van der Waals surface area (Å²) in [6, 6.07) is 6.92.